The number of hydrogen-bond acceptors (Lipinski definition) is 11. The van der Waals surface area contributed by atoms with Gasteiger partial charge >= 0.3 is 41.7 Å². The molecule has 5 fully saturated rings. The zero-order valence-corrected chi connectivity index (χ0v) is 45.6. The number of carboxylic acid groups (broad SMARTS) is 1. The van der Waals surface area contributed by atoms with Gasteiger partial charge in [0.25, 0.3) is 0 Å². The number of esters is 1. The molecule has 19 heteroatoms. The van der Waals surface area contributed by atoms with Crippen molar-refractivity contribution in [2.24, 2.45) is 41.4 Å². The number of nitrogens with zero attached hydrogens (tertiary/aromatic N) is 2. The Morgan fingerprint density at radius 3 is 1.86 bits per heavy atom. The standard InChI is InChI=1S/C49H79N5O8.C2HF3O2.Na/c1-12-31(6)43(53(9)47(58)42(30(4)5)52-46(57)41(50-8)29(2)3)39(60-10)25-40(55)54-20-16-19-38(54)44(61-11)32(7)45(56)51-37(24-33-17-14-13-15-18-33)48(59)62-49-26-34-21-35(27-49)23-36(22-34)28-49;3-2(4,5)1(6)7;/h13-15,17-18,29-32,34-39,41-44,50H,12,16,19-28H2,1-11H3,(H,51,56)(H,52,57);(H,6,7);/q;;+1/p-1/t31-,32+,34?,35?,36?,37-,38-,39+,41-,42-,43-,44+,49?;;/m0../s1. The molecule has 1 aromatic carbocycles. The van der Waals surface area contributed by atoms with Crippen LogP contribution < -0.4 is 50.6 Å². The Morgan fingerprint density at radius 1 is 0.857 bits per heavy atom. The summed E-state index contributed by atoms with van der Waals surface area (Å²) in [4.78, 5) is 82.7. The Kier molecular flexibility index (Phi) is 23.6. The summed E-state index contributed by atoms with van der Waals surface area (Å²) in [5.41, 5.74) is 0.486. The van der Waals surface area contributed by atoms with Crippen LogP contribution in [0.25, 0.3) is 0 Å². The minimum Gasteiger partial charge on any atom is -0.542 e. The van der Waals surface area contributed by atoms with Gasteiger partial charge in [0, 0.05) is 34.2 Å². The van der Waals surface area contributed by atoms with Gasteiger partial charge in [0.05, 0.1) is 42.7 Å². The molecule has 1 aliphatic heterocycles. The fourth-order valence-corrected chi connectivity index (χ4v) is 11.8. The average Bonchev–Trinajstić information content (AvgIpc) is 3.77. The Balaban J connectivity index is 0.00000150. The molecule has 4 aliphatic carbocycles. The molecular weight excluding hydrogens is 923 g/mol. The van der Waals surface area contributed by atoms with Gasteiger partial charge in [-0.15, -0.1) is 0 Å². The van der Waals surface area contributed by atoms with Crippen LogP contribution in [0.5, 0.6) is 0 Å². The SMILES string of the molecule is CC[C@H](C)[C@@H]([C@@H](CC(=O)N1CCC[C@H]1[C@H](OC)[C@@H](C)C(=O)N[C@@H](Cc1ccccc1)C(=O)OC12CC3CC(CC(C3)C1)C2)OC)N(C)C(=O)[C@@H](NC(=O)[C@@H](NC)C(C)C)C(C)C.O=C([O-])C(F)(F)F.[Na+]. The van der Waals surface area contributed by atoms with Crippen molar-refractivity contribution in [2.75, 3.05) is 34.9 Å². The van der Waals surface area contributed by atoms with E-state index >= 15 is 0 Å². The Hall–Kier alpha value is -3.29. The summed E-state index contributed by atoms with van der Waals surface area (Å²) in [6.07, 6.45) is 2.38. The monoisotopic (exact) mass is 1000 g/mol. The van der Waals surface area contributed by atoms with Gasteiger partial charge in [-0.2, -0.15) is 13.2 Å². The molecule has 1 saturated heterocycles. The molecule has 4 bridgehead atoms. The second kappa shape index (κ2) is 27.1. The summed E-state index contributed by atoms with van der Waals surface area (Å²) in [6, 6.07) is 6.76. The van der Waals surface area contributed by atoms with E-state index in [4.69, 9.17) is 24.1 Å². The fraction of sp³-hybridized carbons (Fsp3) is 0.765. The maximum atomic E-state index is 14.4. The van der Waals surface area contributed by atoms with Crippen molar-refractivity contribution < 1.29 is 90.8 Å². The molecule has 1 heterocycles. The molecule has 0 unspecified atom stereocenters. The number of carboxylic acids is 1. The Labute approximate surface area is 435 Å². The van der Waals surface area contributed by atoms with Gasteiger partial charge in [0.15, 0.2) is 0 Å². The summed E-state index contributed by atoms with van der Waals surface area (Å²) in [5, 5.41) is 17.9. The first kappa shape index (κ1) is 61.0. The maximum Gasteiger partial charge on any atom is 1.00 e. The van der Waals surface area contributed by atoms with Gasteiger partial charge < -0.3 is 49.9 Å². The Morgan fingerprint density at radius 2 is 1.40 bits per heavy atom. The van der Waals surface area contributed by atoms with E-state index in [2.05, 4.69) is 16.0 Å². The number of aliphatic carboxylic acids is 1. The number of hydrogen-bond donors (Lipinski definition) is 3. The quantitative estimate of drug-likeness (QED) is 0.113. The van der Waals surface area contributed by atoms with Crippen LogP contribution in [-0.4, -0.2) is 134 Å². The van der Waals surface area contributed by atoms with Crippen LogP contribution in [0.4, 0.5) is 13.2 Å². The molecule has 6 rings (SSSR count). The fourth-order valence-electron chi connectivity index (χ4n) is 11.8. The number of carbonyl (C=O) groups excluding carboxylic acids is 6. The van der Waals surface area contributed by atoms with Crippen LogP contribution in [0.15, 0.2) is 30.3 Å². The van der Waals surface area contributed by atoms with Gasteiger partial charge in [-0.25, -0.2) is 4.79 Å². The molecule has 0 radical (unpaired) electrons. The second-order valence-electron chi connectivity index (χ2n) is 20.9. The molecule has 5 aliphatic rings. The summed E-state index contributed by atoms with van der Waals surface area (Å²) in [6.45, 7) is 14.1. The zero-order valence-electron chi connectivity index (χ0n) is 43.6. The van der Waals surface area contributed by atoms with Crippen LogP contribution in [-0.2, 0) is 49.4 Å². The number of amides is 4. The summed E-state index contributed by atoms with van der Waals surface area (Å²) >= 11 is 0. The van der Waals surface area contributed by atoms with Crippen LogP contribution in [0.1, 0.15) is 118 Å². The third-order valence-electron chi connectivity index (χ3n) is 15.2. The van der Waals surface area contributed by atoms with Crippen molar-refractivity contribution >= 4 is 35.6 Å². The number of nitrogens with one attached hydrogen (secondary N) is 3. The molecule has 70 heavy (non-hydrogen) atoms. The molecule has 390 valence electrons. The smallest absolute Gasteiger partial charge is 0.542 e. The van der Waals surface area contributed by atoms with Gasteiger partial charge in [0.2, 0.25) is 23.6 Å². The van der Waals surface area contributed by atoms with Crippen molar-refractivity contribution in [2.45, 2.75) is 173 Å². The first-order valence-electron chi connectivity index (χ1n) is 24.8. The number of carbonyl (C=O) groups is 6. The van der Waals surface area contributed by atoms with E-state index in [1.54, 1.807) is 40.1 Å². The van der Waals surface area contributed by atoms with Crippen LogP contribution >= 0.6 is 0 Å². The first-order valence-corrected chi connectivity index (χ1v) is 24.8. The van der Waals surface area contributed by atoms with E-state index in [9.17, 15) is 37.1 Å². The van der Waals surface area contributed by atoms with Crippen LogP contribution in [0.2, 0.25) is 0 Å². The number of rotatable bonds is 22. The predicted molar refractivity (Wildman–Crippen MR) is 251 cm³/mol. The number of halogens is 3. The number of ether oxygens (including phenoxy) is 3. The minimum atomic E-state index is -5.19. The normalized spacial score (nSPS) is 24.9. The van der Waals surface area contributed by atoms with Crippen LogP contribution in [0.3, 0.4) is 0 Å². The van der Waals surface area contributed by atoms with E-state index in [1.807, 2.05) is 76.8 Å². The third-order valence-corrected chi connectivity index (χ3v) is 15.2. The van der Waals surface area contributed by atoms with Gasteiger partial charge in [-0.05, 0) is 99.5 Å². The van der Waals surface area contributed by atoms with E-state index < -0.39 is 60.0 Å². The van der Waals surface area contributed by atoms with Crippen LogP contribution in [0, 0.1) is 41.4 Å². The molecule has 1 aromatic rings. The average molecular weight is 1000 g/mol. The molecule has 15 nitrogen and oxygen atoms in total. The number of likely N-dealkylation sites (tertiary alicyclic amines) is 1. The molecular formula is C51H79F3N5NaO10. The third kappa shape index (κ3) is 15.9. The van der Waals surface area contributed by atoms with E-state index in [0.717, 1.165) is 37.7 Å². The van der Waals surface area contributed by atoms with Crippen molar-refractivity contribution in [3.05, 3.63) is 35.9 Å². The molecule has 0 spiro atoms. The van der Waals surface area contributed by atoms with Gasteiger partial charge in [0.1, 0.15) is 23.7 Å². The molecule has 0 aromatic heterocycles. The minimum absolute atomic E-state index is 0. The Bertz CT molecular complexity index is 1860. The van der Waals surface area contributed by atoms with Crippen molar-refractivity contribution in [3.63, 3.8) is 0 Å². The van der Waals surface area contributed by atoms with Gasteiger partial charge in [-0.3, -0.25) is 19.2 Å². The van der Waals surface area contributed by atoms with Crippen molar-refractivity contribution in [1.82, 2.24) is 25.8 Å². The zero-order chi connectivity index (χ0) is 51.5. The molecule has 3 N–H and O–H groups in total. The van der Waals surface area contributed by atoms with E-state index in [-0.39, 0.29) is 89.4 Å². The number of likely N-dealkylation sites (N-methyl/N-ethyl adjacent to an activating group) is 2. The second-order valence-corrected chi connectivity index (χ2v) is 20.9. The topological polar surface area (TPSA) is 196 Å². The van der Waals surface area contributed by atoms with Crippen molar-refractivity contribution in [3.8, 4) is 0 Å². The van der Waals surface area contributed by atoms with E-state index in [1.165, 1.54) is 19.3 Å². The predicted octanol–water partition coefficient (Wildman–Crippen LogP) is 1.83. The largest absolute Gasteiger partial charge is 1.00 e. The molecule has 4 amide bonds. The number of benzene rings is 1. The summed E-state index contributed by atoms with van der Waals surface area (Å²) in [7, 11) is 6.61. The molecule has 4 saturated carbocycles. The van der Waals surface area contributed by atoms with Gasteiger partial charge in [-0.1, -0.05) is 85.2 Å². The summed E-state index contributed by atoms with van der Waals surface area (Å²) in [5.74, 6) is -3.40. The number of methoxy groups -OCH3 is 2. The number of alkyl halides is 3. The maximum absolute atomic E-state index is 14.4. The molecule has 9 atom stereocenters. The summed E-state index contributed by atoms with van der Waals surface area (Å²) < 4.78 is 50.2. The first-order chi connectivity index (χ1) is 32.4. The van der Waals surface area contributed by atoms with E-state index in [0.29, 0.717) is 37.1 Å². The van der Waals surface area contributed by atoms with Crippen molar-refractivity contribution in [1.29, 1.82) is 0 Å².